The molecule has 0 amide bonds. The van der Waals surface area contributed by atoms with Gasteiger partial charge >= 0.3 is 0 Å². The van der Waals surface area contributed by atoms with Gasteiger partial charge in [-0.3, -0.25) is 10.1 Å². The molecule has 22 heavy (non-hydrogen) atoms. The van der Waals surface area contributed by atoms with Gasteiger partial charge in [-0.1, -0.05) is 13.8 Å². The molecular formula is C16H20N2O4. The molecule has 118 valence electrons. The van der Waals surface area contributed by atoms with Gasteiger partial charge in [0.05, 0.1) is 11.0 Å². The number of benzene rings is 1. The summed E-state index contributed by atoms with van der Waals surface area (Å²) < 4.78 is 5.53. The zero-order valence-corrected chi connectivity index (χ0v) is 12.7. The highest BCUT2D eigenvalue weighted by Crippen LogP contribution is 2.26. The van der Waals surface area contributed by atoms with E-state index in [4.69, 9.17) is 4.74 Å². The number of nitro benzene ring substituents is 1. The van der Waals surface area contributed by atoms with E-state index < -0.39 is 11.0 Å². The molecule has 1 atom stereocenters. The van der Waals surface area contributed by atoms with Gasteiger partial charge in [-0.05, 0) is 36.1 Å². The second-order valence-electron chi connectivity index (χ2n) is 5.94. The fourth-order valence-electron chi connectivity index (χ4n) is 2.15. The highest BCUT2D eigenvalue weighted by atomic mass is 16.6. The van der Waals surface area contributed by atoms with Gasteiger partial charge < -0.3 is 14.8 Å². The number of nitrogens with one attached hydrogen (secondary N) is 1. The van der Waals surface area contributed by atoms with Gasteiger partial charge in [-0.25, -0.2) is 0 Å². The minimum atomic E-state index is -0.661. The lowest BCUT2D eigenvalue weighted by Crippen LogP contribution is -2.36. The molecule has 0 aliphatic heterocycles. The van der Waals surface area contributed by atoms with Crippen molar-refractivity contribution >= 4 is 5.69 Å². The van der Waals surface area contributed by atoms with Crippen LogP contribution in [0.15, 0.2) is 42.6 Å². The van der Waals surface area contributed by atoms with Crippen molar-refractivity contribution < 1.29 is 14.8 Å². The van der Waals surface area contributed by atoms with E-state index in [1.165, 1.54) is 24.3 Å². The van der Waals surface area contributed by atoms with Gasteiger partial charge in [-0.15, -0.1) is 0 Å². The Kier molecular flexibility index (Phi) is 4.82. The number of aromatic amines is 1. The Hall–Kier alpha value is -2.34. The molecule has 6 heteroatoms. The molecule has 0 aliphatic rings. The Balaban J connectivity index is 1.91. The Labute approximate surface area is 128 Å². The molecule has 0 aliphatic carbocycles. The Bertz CT molecular complexity index is 606. The molecule has 1 heterocycles. The Morgan fingerprint density at radius 1 is 1.32 bits per heavy atom. The second-order valence-corrected chi connectivity index (χ2v) is 5.94. The molecule has 0 bridgehead atoms. The summed E-state index contributed by atoms with van der Waals surface area (Å²) in [7, 11) is 0. The number of aromatic nitrogens is 1. The predicted molar refractivity (Wildman–Crippen MR) is 82.9 cm³/mol. The molecule has 0 radical (unpaired) electrons. The van der Waals surface area contributed by atoms with Crippen molar-refractivity contribution in [2.75, 3.05) is 6.61 Å². The maximum Gasteiger partial charge on any atom is 0.269 e. The van der Waals surface area contributed by atoms with Crippen molar-refractivity contribution in [2.45, 2.75) is 26.4 Å². The highest BCUT2D eigenvalue weighted by molar-refractivity contribution is 5.35. The van der Waals surface area contributed by atoms with E-state index in [1.807, 2.05) is 32.2 Å². The first-order chi connectivity index (χ1) is 10.4. The third-order valence-corrected chi connectivity index (χ3v) is 3.67. The van der Waals surface area contributed by atoms with E-state index in [-0.39, 0.29) is 17.7 Å². The summed E-state index contributed by atoms with van der Waals surface area (Å²) in [5.74, 6) is 0.500. The number of ether oxygens (including phenoxy) is 1. The van der Waals surface area contributed by atoms with E-state index in [0.717, 1.165) is 5.69 Å². The SMILES string of the molecule is CC(C)(Cc1ccc[nH]1)C(O)COc1ccc([N+](=O)[O-])cc1. The lowest BCUT2D eigenvalue weighted by atomic mass is 9.82. The van der Waals surface area contributed by atoms with Crippen molar-refractivity contribution in [3.05, 3.63) is 58.4 Å². The number of aliphatic hydroxyl groups is 1. The van der Waals surface area contributed by atoms with Crippen LogP contribution < -0.4 is 4.74 Å². The maximum absolute atomic E-state index is 10.6. The van der Waals surface area contributed by atoms with Crippen LogP contribution in [0.1, 0.15) is 19.5 Å². The van der Waals surface area contributed by atoms with E-state index in [1.54, 1.807) is 0 Å². The van der Waals surface area contributed by atoms with Crippen molar-refractivity contribution in [3.63, 3.8) is 0 Å². The summed E-state index contributed by atoms with van der Waals surface area (Å²) in [5, 5.41) is 20.9. The molecule has 2 N–H and O–H groups in total. The number of hydrogen-bond acceptors (Lipinski definition) is 4. The van der Waals surface area contributed by atoms with Gasteiger partial charge in [-0.2, -0.15) is 0 Å². The first-order valence-corrected chi connectivity index (χ1v) is 7.06. The summed E-state index contributed by atoms with van der Waals surface area (Å²) >= 11 is 0. The molecule has 2 aromatic rings. The van der Waals surface area contributed by atoms with Crippen LogP contribution in [0.2, 0.25) is 0 Å². The topological polar surface area (TPSA) is 88.4 Å². The summed E-state index contributed by atoms with van der Waals surface area (Å²) in [5.41, 5.74) is 0.713. The lowest BCUT2D eigenvalue weighted by Gasteiger charge is -2.30. The van der Waals surface area contributed by atoms with Crippen LogP contribution in [0.4, 0.5) is 5.69 Å². The molecule has 6 nitrogen and oxygen atoms in total. The third-order valence-electron chi connectivity index (χ3n) is 3.67. The average molecular weight is 304 g/mol. The van der Waals surface area contributed by atoms with Crippen LogP contribution in [0.3, 0.4) is 0 Å². The van der Waals surface area contributed by atoms with Crippen LogP contribution in [-0.4, -0.2) is 27.7 Å². The number of hydrogen-bond donors (Lipinski definition) is 2. The van der Waals surface area contributed by atoms with E-state index >= 15 is 0 Å². The summed E-state index contributed by atoms with van der Waals surface area (Å²) in [6, 6.07) is 9.72. The van der Waals surface area contributed by atoms with Gasteiger partial charge in [0, 0.05) is 24.0 Å². The zero-order valence-electron chi connectivity index (χ0n) is 12.7. The quantitative estimate of drug-likeness (QED) is 0.608. The fraction of sp³-hybridized carbons (Fsp3) is 0.375. The van der Waals surface area contributed by atoms with E-state index in [0.29, 0.717) is 12.2 Å². The molecule has 0 fully saturated rings. The number of nitro groups is 1. The molecule has 0 spiro atoms. The predicted octanol–water partition coefficient (Wildman–Crippen LogP) is 2.93. The van der Waals surface area contributed by atoms with Crippen LogP contribution in [-0.2, 0) is 6.42 Å². The van der Waals surface area contributed by atoms with E-state index in [9.17, 15) is 15.2 Å². The van der Waals surface area contributed by atoms with E-state index in [2.05, 4.69) is 4.98 Å². The molecular weight excluding hydrogens is 284 g/mol. The maximum atomic E-state index is 10.6. The number of non-ortho nitro benzene ring substituents is 1. The van der Waals surface area contributed by atoms with Crippen LogP contribution in [0.25, 0.3) is 0 Å². The molecule has 0 saturated heterocycles. The molecule has 1 unspecified atom stereocenters. The smallest absolute Gasteiger partial charge is 0.269 e. The minimum absolute atomic E-state index is 0.0139. The summed E-state index contributed by atoms with van der Waals surface area (Å²) in [4.78, 5) is 13.2. The lowest BCUT2D eigenvalue weighted by molar-refractivity contribution is -0.384. The van der Waals surface area contributed by atoms with Crippen LogP contribution in [0.5, 0.6) is 5.75 Å². The third kappa shape index (κ3) is 4.08. The van der Waals surface area contributed by atoms with Gasteiger partial charge in [0.25, 0.3) is 5.69 Å². The number of aliphatic hydroxyl groups excluding tert-OH is 1. The van der Waals surface area contributed by atoms with Gasteiger partial charge in [0.2, 0.25) is 0 Å². The number of nitrogens with zero attached hydrogens (tertiary/aromatic N) is 1. The molecule has 2 rings (SSSR count). The minimum Gasteiger partial charge on any atom is -0.491 e. The van der Waals surface area contributed by atoms with Crippen molar-refractivity contribution in [2.24, 2.45) is 5.41 Å². The first-order valence-electron chi connectivity index (χ1n) is 7.06. The zero-order chi connectivity index (χ0) is 16.2. The van der Waals surface area contributed by atoms with Crippen LogP contribution >= 0.6 is 0 Å². The van der Waals surface area contributed by atoms with Crippen molar-refractivity contribution in [1.82, 2.24) is 4.98 Å². The van der Waals surface area contributed by atoms with Crippen molar-refractivity contribution in [1.29, 1.82) is 0 Å². The first kappa shape index (κ1) is 16.0. The monoisotopic (exact) mass is 304 g/mol. The molecule has 1 aromatic carbocycles. The highest BCUT2D eigenvalue weighted by Gasteiger charge is 2.29. The average Bonchev–Trinajstić information content (AvgIpc) is 2.97. The normalized spacial score (nSPS) is 12.9. The largest absolute Gasteiger partial charge is 0.491 e. The van der Waals surface area contributed by atoms with Gasteiger partial charge in [0.15, 0.2) is 0 Å². The molecule has 1 aromatic heterocycles. The van der Waals surface area contributed by atoms with Gasteiger partial charge in [0.1, 0.15) is 12.4 Å². The molecule has 0 saturated carbocycles. The fourth-order valence-corrected chi connectivity index (χ4v) is 2.15. The van der Waals surface area contributed by atoms with Crippen molar-refractivity contribution in [3.8, 4) is 5.75 Å². The summed E-state index contributed by atoms with van der Waals surface area (Å²) in [6.07, 6.45) is 1.89. The Morgan fingerprint density at radius 2 is 2.00 bits per heavy atom. The second kappa shape index (κ2) is 6.62. The summed E-state index contributed by atoms with van der Waals surface area (Å²) in [6.45, 7) is 4.07. The number of rotatable bonds is 7. The van der Waals surface area contributed by atoms with Crippen LogP contribution in [0, 0.1) is 15.5 Å². The standard InChI is InChI=1S/C16H20N2O4/c1-16(2,10-12-4-3-9-17-12)15(19)11-22-14-7-5-13(6-8-14)18(20)21/h3-9,15,17,19H,10-11H2,1-2H3. The Morgan fingerprint density at radius 3 is 2.55 bits per heavy atom. The number of H-pyrrole nitrogens is 1.